The molecule has 1 fully saturated rings. The van der Waals surface area contributed by atoms with Crippen molar-refractivity contribution in [3.63, 3.8) is 0 Å². The first-order valence-corrected chi connectivity index (χ1v) is 7.03. The summed E-state index contributed by atoms with van der Waals surface area (Å²) >= 11 is 7.61. The number of thioether (sulfide) groups is 1. The Kier molecular flexibility index (Phi) is 4.18. The van der Waals surface area contributed by atoms with Gasteiger partial charge in [-0.25, -0.2) is 4.79 Å². The van der Waals surface area contributed by atoms with Crippen molar-refractivity contribution < 1.29 is 9.90 Å². The molecule has 5 heteroatoms. The Balaban J connectivity index is 2.06. The minimum atomic E-state index is -0.785. The molecule has 0 radical (unpaired) electrons. The smallest absolute Gasteiger partial charge is 0.326 e. The van der Waals surface area contributed by atoms with Gasteiger partial charge in [0.1, 0.15) is 6.04 Å². The minimum absolute atomic E-state index is 0.202. The summed E-state index contributed by atoms with van der Waals surface area (Å²) < 4.78 is 0. The van der Waals surface area contributed by atoms with Crippen LogP contribution in [0.5, 0.6) is 0 Å². The summed E-state index contributed by atoms with van der Waals surface area (Å²) in [5.41, 5.74) is 0.804. The third-order valence-corrected chi connectivity index (χ3v) is 4.31. The van der Waals surface area contributed by atoms with E-state index in [0.29, 0.717) is 5.02 Å². The average Bonchev–Trinajstić information content (AvgIpc) is 2.81. The number of aliphatic carboxylic acids is 1. The van der Waals surface area contributed by atoms with E-state index in [1.54, 1.807) is 24.3 Å². The summed E-state index contributed by atoms with van der Waals surface area (Å²) in [6.45, 7) is 0. The second-order valence-corrected chi connectivity index (χ2v) is 5.68. The zero-order valence-corrected chi connectivity index (χ0v) is 10.8. The predicted molar refractivity (Wildman–Crippen MR) is 71.9 cm³/mol. The molecular formula is C12H14ClNO2S. The molecule has 2 N–H and O–H groups in total. The van der Waals surface area contributed by atoms with Gasteiger partial charge in [0.25, 0.3) is 0 Å². The van der Waals surface area contributed by atoms with Gasteiger partial charge in [-0.2, -0.15) is 11.8 Å². The van der Waals surface area contributed by atoms with Crippen molar-refractivity contribution >= 4 is 35.0 Å². The Morgan fingerprint density at radius 3 is 2.71 bits per heavy atom. The van der Waals surface area contributed by atoms with Gasteiger partial charge in [0, 0.05) is 10.7 Å². The summed E-state index contributed by atoms with van der Waals surface area (Å²) in [6, 6.07) is 6.62. The van der Waals surface area contributed by atoms with E-state index < -0.39 is 12.0 Å². The standard InChI is InChI=1S/C12H14ClNO2S/c13-9-1-3-10(4-2-9)14-11(12(15)16)8-5-6-17-7-8/h1-4,8,11,14H,5-7H2,(H,15,16). The molecular weight excluding hydrogens is 258 g/mol. The second kappa shape index (κ2) is 5.65. The van der Waals surface area contributed by atoms with Crippen LogP contribution in [-0.4, -0.2) is 28.6 Å². The number of nitrogens with one attached hydrogen (secondary N) is 1. The molecule has 1 aliphatic rings. The van der Waals surface area contributed by atoms with Gasteiger partial charge in [0.15, 0.2) is 0 Å². The highest BCUT2D eigenvalue weighted by Crippen LogP contribution is 2.28. The normalized spacial score (nSPS) is 21.1. The highest BCUT2D eigenvalue weighted by atomic mass is 35.5. The summed E-state index contributed by atoms with van der Waals surface area (Å²) in [4.78, 5) is 11.3. The third-order valence-electron chi connectivity index (χ3n) is 2.87. The molecule has 1 heterocycles. The van der Waals surface area contributed by atoms with Gasteiger partial charge in [-0.05, 0) is 48.1 Å². The molecule has 0 bridgehead atoms. The lowest BCUT2D eigenvalue weighted by Crippen LogP contribution is -2.37. The maximum atomic E-state index is 11.3. The molecule has 2 rings (SSSR count). The number of benzene rings is 1. The van der Waals surface area contributed by atoms with E-state index in [4.69, 9.17) is 11.6 Å². The van der Waals surface area contributed by atoms with Crippen LogP contribution in [0.4, 0.5) is 5.69 Å². The zero-order chi connectivity index (χ0) is 12.3. The Bertz CT molecular complexity index is 390. The molecule has 0 aromatic heterocycles. The number of hydrogen-bond acceptors (Lipinski definition) is 3. The lowest BCUT2D eigenvalue weighted by Gasteiger charge is -2.21. The van der Waals surface area contributed by atoms with Crippen molar-refractivity contribution in [2.24, 2.45) is 5.92 Å². The summed E-state index contributed by atoms with van der Waals surface area (Å²) in [6.07, 6.45) is 0.961. The fraction of sp³-hybridized carbons (Fsp3) is 0.417. The number of carbonyl (C=O) groups is 1. The van der Waals surface area contributed by atoms with E-state index in [0.717, 1.165) is 23.6 Å². The summed E-state index contributed by atoms with van der Waals surface area (Å²) in [5.74, 6) is 1.38. The van der Waals surface area contributed by atoms with Crippen molar-refractivity contribution in [2.75, 3.05) is 16.8 Å². The van der Waals surface area contributed by atoms with Crippen molar-refractivity contribution in [3.05, 3.63) is 29.3 Å². The fourth-order valence-corrected chi connectivity index (χ4v) is 3.35. The Morgan fingerprint density at radius 2 is 2.18 bits per heavy atom. The van der Waals surface area contributed by atoms with E-state index in [2.05, 4.69) is 5.32 Å². The molecule has 1 saturated heterocycles. The van der Waals surface area contributed by atoms with Gasteiger partial charge in [-0.3, -0.25) is 0 Å². The Hall–Kier alpha value is -0.870. The summed E-state index contributed by atoms with van der Waals surface area (Å²) in [7, 11) is 0. The number of carboxylic acid groups (broad SMARTS) is 1. The molecule has 3 nitrogen and oxygen atoms in total. The van der Waals surface area contributed by atoms with Crippen LogP contribution in [0.15, 0.2) is 24.3 Å². The van der Waals surface area contributed by atoms with Crippen LogP contribution in [0.1, 0.15) is 6.42 Å². The quantitative estimate of drug-likeness (QED) is 0.884. The van der Waals surface area contributed by atoms with E-state index in [1.165, 1.54) is 0 Å². The molecule has 2 unspecified atom stereocenters. The van der Waals surface area contributed by atoms with Crippen LogP contribution in [0.25, 0.3) is 0 Å². The molecule has 17 heavy (non-hydrogen) atoms. The first-order valence-electron chi connectivity index (χ1n) is 5.49. The monoisotopic (exact) mass is 271 g/mol. The van der Waals surface area contributed by atoms with Gasteiger partial charge in [-0.1, -0.05) is 11.6 Å². The predicted octanol–water partition coefficient (Wildman–Crippen LogP) is 2.96. The molecule has 2 atom stereocenters. The SMILES string of the molecule is O=C(O)C(Nc1ccc(Cl)cc1)C1CCSC1. The molecule has 0 aliphatic carbocycles. The number of carboxylic acids is 1. The van der Waals surface area contributed by atoms with Crippen molar-refractivity contribution in [3.8, 4) is 0 Å². The van der Waals surface area contributed by atoms with Gasteiger partial charge >= 0.3 is 5.97 Å². The van der Waals surface area contributed by atoms with Crippen LogP contribution in [-0.2, 0) is 4.79 Å². The zero-order valence-electron chi connectivity index (χ0n) is 9.23. The van der Waals surface area contributed by atoms with Crippen LogP contribution < -0.4 is 5.32 Å². The van der Waals surface area contributed by atoms with Gasteiger partial charge < -0.3 is 10.4 Å². The molecule has 1 aromatic carbocycles. The van der Waals surface area contributed by atoms with E-state index >= 15 is 0 Å². The van der Waals surface area contributed by atoms with Crippen molar-refractivity contribution in [1.29, 1.82) is 0 Å². The van der Waals surface area contributed by atoms with Crippen LogP contribution in [0, 0.1) is 5.92 Å². The molecule has 0 saturated carbocycles. The van der Waals surface area contributed by atoms with E-state index in [1.807, 2.05) is 11.8 Å². The maximum Gasteiger partial charge on any atom is 0.326 e. The van der Waals surface area contributed by atoms with Gasteiger partial charge in [-0.15, -0.1) is 0 Å². The Labute approximate surface area is 110 Å². The van der Waals surface area contributed by atoms with E-state index in [-0.39, 0.29) is 5.92 Å². The first-order chi connectivity index (χ1) is 8.16. The van der Waals surface area contributed by atoms with Crippen LogP contribution >= 0.6 is 23.4 Å². The lowest BCUT2D eigenvalue weighted by molar-refractivity contribution is -0.138. The molecule has 1 aromatic rings. The Morgan fingerprint density at radius 1 is 1.47 bits per heavy atom. The van der Waals surface area contributed by atoms with Crippen LogP contribution in [0.3, 0.4) is 0 Å². The highest BCUT2D eigenvalue weighted by Gasteiger charge is 2.30. The maximum absolute atomic E-state index is 11.3. The third kappa shape index (κ3) is 3.30. The topological polar surface area (TPSA) is 49.3 Å². The van der Waals surface area contributed by atoms with Gasteiger partial charge in [0.2, 0.25) is 0 Å². The first kappa shape index (κ1) is 12.6. The number of halogens is 1. The molecule has 92 valence electrons. The van der Waals surface area contributed by atoms with Crippen molar-refractivity contribution in [2.45, 2.75) is 12.5 Å². The van der Waals surface area contributed by atoms with Crippen molar-refractivity contribution in [1.82, 2.24) is 0 Å². The largest absolute Gasteiger partial charge is 0.480 e. The molecule has 1 aliphatic heterocycles. The number of hydrogen-bond donors (Lipinski definition) is 2. The number of rotatable bonds is 4. The van der Waals surface area contributed by atoms with Crippen LogP contribution in [0.2, 0.25) is 5.02 Å². The van der Waals surface area contributed by atoms with E-state index in [9.17, 15) is 9.90 Å². The summed E-state index contributed by atoms with van der Waals surface area (Å²) in [5, 5.41) is 13.0. The second-order valence-electron chi connectivity index (χ2n) is 4.09. The fourth-order valence-electron chi connectivity index (χ4n) is 1.92. The lowest BCUT2D eigenvalue weighted by atomic mass is 9.99. The molecule has 0 spiro atoms. The minimum Gasteiger partial charge on any atom is -0.480 e. The molecule has 0 amide bonds. The average molecular weight is 272 g/mol. The number of anilines is 1. The van der Waals surface area contributed by atoms with Gasteiger partial charge in [0.05, 0.1) is 0 Å². The highest BCUT2D eigenvalue weighted by molar-refractivity contribution is 7.99.